The zero-order chi connectivity index (χ0) is 12.3. The van der Waals surface area contributed by atoms with Crippen molar-refractivity contribution in [1.82, 2.24) is 0 Å². The summed E-state index contributed by atoms with van der Waals surface area (Å²) >= 11 is 0. The van der Waals surface area contributed by atoms with Gasteiger partial charge in [0.05, 0.1) is 21.1 Å². The molecule has 1 unspecified atom stereocenters. The predicted octanol–water partition coefficient (Wildman–Crippen LogP) is -2.28. The molecule has 0 saturated heterocycles. The molecule has 0 heterocycles. The number of carboxylic acids is 1. The van der Waals surface area contributed by atoms with Crippen LogP contribution in [0.4, 0.5) is 0 Å². The van der Waals surface area contributed by atoms with Gasteiger partial charge in [0.2, 0.25) is 0 Å². The Morgan fingerprint density at radius 3 is 2.00 bits per heavy atom. The van der Waals surface area contributed by atoms with Gasteiger partial charge in [-0.3, -0.25) is 4.79 Å². The number of nitrogens with zero attached hydrogens (tertiary/aromatic N) is 1. The molecule has 0 amide bonds. The molecule has 6 heteroatoms. The Morgan fingerprint density at radius 2 is 1.75 bits per heavy atom. The molecule has 0 rings (SSSR count). The summed E-state index contributed by atoms with van der Waals surface area (Å²) in [6, 6.07) is 0. The lowest BCUT2D eigenvalue weighted by Gasteiger charge is -2.34. The first-order chi connectivity index (χ1) is 6.60. The van der Waals surface area contributed by atoms with Crippen molar-refractivity contribution in [3.8, 4) is 0 Å². The molecule has 3 N–H and O–H groups in total. The fraction of sp³-hybridized carbons (Fsp3) is 0.800. The van der Waals surface area contributed by atoms with Crippen LogP contribution in [0.1, 0.15) is 19.8 Å². The number of carbonyl (C=O) groups is 2. The maximum Gasteiger partial charge on any atom is 0.177 e. The first-order valence-electron chi connectivity index (χ1n) is 4.87. The van der Waals surface area contributed by atoms with Crippen molar-refractivity contribution in [1.29, 1.82) is 0 Å². The summed E-state index contributed by atoms with van der Waals surface area (Å²) < 4.78 is 0.315. The average molecular weight is 235 g/mol. The van der Waals surface area contributed by atoms with Gasteiger partial charge in [-0.15, -0.1) is 0 Å². The third kappa shape index (κ3) is 5.79. The molecule has 6 nitrogen and oxygen atoms in total. The van der Waals surface area contributed by atoms with Crippen LogP contribution in [0.25, 0.3) is 0 Å². The molecule has 1 atom stereocenters. The SMILES string of the molecule is CCC(=O)C(O)(CC(=O)[O-])C[N+](C)(C)C.O. The fourth-order valence-electron chi connectivity index (χ4n) is 1.60. The number of aliphatic hydroxyl groups is 1. The summed E-state index contributed by atoms with van der Waals surface area (Å²) in [6.45, 7) is 1.66. The molecule has 16 heavy (non-hydrogen) atoms. The van der Waals surface area contributed by atoms with E-state index in [-0.39, 0.29) is 18.4 Å². The number of rotatable bonds is 6. The van der Waals surface area contributed by atoms with Crippen molar-refractivity contribution in [3.05, 3.63) is 0 Å². The molecule has 0 aromatic rings. The molecule has 0 aliphatic heterocycles. The minimum absolute atomic E-state index is 0. The van der Waals surface area contributed by atoms with Gasteiger partial charge in [-0.25, -0.2) is 0 Å². The average Bonchev–Trinajstić information content (AvgIpc) is 1.97. The van der Waals surface area contributed by atoms with Crippen LogP contribution in [-0.4, -0.2) is 60.1 Å². The van der Waals surface area contributed by atoms with Crippen LogP contribution < -0.4 is 5.11 Å². The van der Waals surface area contributed by atoms with Gasteiger partial charge < -0.3 is 25.0 Å². The second-order valence-corrected chi connectivity index (χ2v) is 4.81. The zero-order valence-corrected chi connectivity index (χ0v) is 10.2. The molecule has 0 saturated carbocycles. The zero-order valence-electron chi connectivity index (χ0n) is 10.2. The summed E-state index contributed by atoms with van der Waals surface area (Å²) in [4.78, 5) is 22.0. The number of hydrogen-bond acceptors (Lipinski definition) is 4. The van der Waals surface area contributed by atoms with E-state index in [4.69, 9.17) is 0 Å². The summed E-state index contributed by atoms with van der Waals surface area (Å²) in [5.41, 5.74) is -1.81. The topological polar surface area (TPSA) is 109 Å². The first-order valence-corrected chi connectivity index (χ1v) is 4.87. The standard InChI is InChI=1S/C10H19NO4.H2O/c1-5-8(12)10(15,6-9(13)14)7-11(2,3)4;/h15H,5-7H2,1-4H3;1H2. The Morgan fingerprint density at radius 1 is 1.31 bits per heavy atom. The van der Waals surface area contributed by atoms with Crippen molar-refractivity contribution < 1.29 is 29.8 Å². The van der Waals surface area contributed by atoms with E-state index < -0.39 is 23.8 Å². The number of carboxylic acid groups (broad SMARTS) is 1. The second-order valence-electron chi connectivity index (χ2n) is 4.81. The van der Waals surface area contributed by atoms with Gasteiger partial charge >= 0.3 is 0 Å². The molecule has 0 bridgehead atoms. The van der Waals surface area contributed by atoms with Crippen molar-refractivity contribution in [2.45, 2.75) is 25.4 Å². The minimum atomic E-state index is -1.81. The van der Waals surface area contributed by atoms with Crippen LogP contribution in [0.5, 0.6) is 0 Å². The van der Waals surface area contributed by atoms with E-state index in [0.717, 1.165) is 0 Å². The van der Waals surface area contributed by atoms with Gasteiger partial charge in [0.1, 0.15) is 6.54 Å². The Bertz CT molecular complexity index is 258. The molecule has 0 radical (unpaired) electrons. The lowest BCUT2D eigenvalue weighted by molar-refractivity contribution is -0.875. The highest BCUT2D eigenvalue weighted by atomic mass is 16.4. The summed E-state index contributed by atoms with van der Waals surface area (Å²) in [5, 5.41) is 20.5. The lowest BCUT2D eigenvalue weighted by Crippen LogP contribution is -2.55. The van der Waals surface area contributed by atoms with Gasteiger partial charge in [-0.2, -0.15) is 0 Å². The van der Waals surface area contributed by atoms with Crippen molar-refractivity contribution in [2.24, 2.45) is 0 Å². The molecule has 0 aliphatic rings. The second kappa shape index (κ2) is 5.93. The molecular weight excluding hydrogens is 214 g/mol. The van der Waals surface area contributed by atoms with Crippen LogP contribution in [0.2, 0.25) is 0 Å². The normalized spacial score (nSPS) is 14.8. The van der Waals surface area contributed by atoms with Crippen LogP contribution in [-0.2, 0) is 9.59 Å². The Balaban J connectivity index is 0. The van der Waals surface area contributed by atoms with E-state index in [2.05, 4.69) is 0 Å². The van der Waals surface area contributed by atoms with E-state index in [1.807, 2.05) is 0 Å². The highest BCUT2D eigenvalue weighted by Crippen LogP contribution is 2.17. The summed E-state index contributed by atoms with van der Waals surface area (Å²) in [6.07, 6.45) is -0.529. The van der Waals surface area contributed by atoms with Gasteiger partial charge in [0, 0.05) is 18.8 Å². The van der Waals surface area contributed by atoms with Gasteiger partial charge in [-0.05, 0) is 0 Å². The van der Waals surface area contributed by atoms with E-state index in [1.54, 1.807) is 28.1 Å². The maximum absolute atomic E-state index is 11.5. The van der Waals surface area contributed by atoms with E-state index >= 15 is 0 Å². The van der Waals surface area contributed by atoms with Gasteiger partial charge in [0.25, 0.3) is 0 Å². The number of Topliss-reactive ketones (excluding diaryl/α,β-unsaturated/α-hetero) is 1. The smallest absolute Gasteiger partial charge is 0.177 e. The van der Waals surface area contributed by atoms with Gasteiger partial charge in [0.15, 0.2) is 11.4 Å². The molecular formula is C10H21NO5. The number of aliphatic carboxylic acids is 1. The molecule has 96 valence electrons. The van der Waals surface area contributed by atoms with Crippen LogP contribution in [0, 0.1) is 0 Å². The highest BCUT2D eigenvalue weighted by Gasteiger charge is 2.39. The van der Waals surface area contributed by atoms with Crippen LogP contribution in [0.15, 0.2) is 0 Å². The third-order valence-corrected chi connectivity index (χ3v) is 2.01. The lowest BCUT2D eigenvalue weighted by atomic mass is 9.91. The van der Waals surface area contributed by atoms with Crippen molar-refractivity contribution >= 4 is 11.8 Å². The highest BCUT2D eigenvalue weighted by molar-refractivity contribution is 5.90. The van der Waals surface area contributed by atoms with E-state index in [9.17, 15) is 19.8 Å². The van der Waals surface area contributed by atoms with Gasteiger partial charge in [-0.1, -0.05) is 6.92 Å². The van der Waals surface area contributed by atoms with Crippen LogP contribution >= 0.6 is 0 Å². The maximum atomic E-state index is 11.5. The van der Waals surface area contributed by atoms with E-state index in [1.165, 1.54) is 0 Å². The number of carbonyl (C=O) groups excluding carboxylic acids is 2. The number of quaternary nitrogens is 1. The predicted molar refractivity (Wildman–Crippen MR) is 56.4 cm³/mol. The van der Waals surface area contributed by atoms with Crippen LogP contribution in [0.3, 0.4) is 0 Å². The Labute approximate surface area is 95.4 Å². The quantitative estimate of drug-likeness (QED) is 0.523. The largest absolute Gasteiger partial charge is 0.550 e. The molecule has 0 fully saturated rings. The third-order valence-electron chi connectivity index (χ3n) is 2.01. The number of ketones is 1. The summed E-state index contributed by atoms with van der Waals surface area (Å²) in [5.74, 6) is -1.87. The Hall–Kier alpha value is -0.980. The molecule has 0 aromatic carbocycles. The van der Waals surface area contributed by atoms with E-state index in [0.29, 0.717) is 4.48 Å². The minimum Gasteiger partial charge on any atom is -0.550 e. The number of hydrogen-bond donors (Lipinski definition) is 1. The summed E-state index contributed by atoms with van der Waals surface area (Å²) in [7, 11) is 5.34. The van der Waals surface area contributed by atoms with Crippen molar-refractivity contribution in [3.63, 3.8) is 0 Å². The molecule has 0 spiro atoms. The molecule has 0 aromatic heterocycles. The van der Waals surface area contributed by atoms with Crippen molar-refractivity contribution in [2.75, 3.05) is 27.7 Å². The fourth-order valence-corrected chi connectivity index (χ4v) is 1.60. The number of likely N-dealkylation sites (N-methyl/N-ethyl adjacent to an activating group) is 1. The molecule has 0 aliphatic carbocycles. The monoisotopic (exact) mass is 235 g/mol. The Kier molecular flexibility index (Phi) is 6.45. The first kappa shape index (κ1) is 17.4.